The lowest BCUT2D eigenvalue weighted by Gasteiger charge is -2.28. The number of benzene rings is 8. The molecule has 51 heavy (non-hydrogen) atoms. The summed E-state index contributed by atoms with van der Waals surface area (Å²) in [5, 5.41) is 5.17. The first-order chi connectivity index (χ1) is 25.0. The Hall–Kier alpha value is -5.96. The largest absolute Gasteiger partial charge is 0.310 e. The van der Waals surface area contributed by atoms with Gasteiger partial charge in [-0.15, -0.1) is 11.3 Å². The number of nitrogens with zero attached hydrogens (tertiary/aromatic N) is 1. The molecule has 2 heteroatoms. The second kappa shape index (κ2) is 11.6. The maximum Gasteiger partial charge on any atom is 0.0467 e. The van der Waals surface area contributed by atoms with Gasteiger partial charge in [-0.25, -0.2) is 0 Å². The quantitative estimate of drug-likeness (QED) is 0.176. The summed E-state index contributed by atoms with van der Waals surface area (Å²) in [6.07, 6.45) is 0. The fraction of sp³-hybridized carbons (Fsp3) is 0.0612. The summed E-state index contributed by atoms with van der Waals surface area (Å²) in [5.74, 6) is 0. The van der Waals surface area contributed by atoms with E-state index >= 15 is 0 Å². The van der Waals surface area contributed by atoms with Gasteiger partial charge in [-0.05, 0) is 110 Å². The van der Waals surface area contributed by atoms with Crippen LogP contribution in [0, 0.1) is 0 Å². The standard InChI is InChI=1S/C49H35NS/c1-49(2)45-19-7-5-16-41(45)42-27-26-38(31-46(42)49)50(36-24-21-33(22-25-36)40-18-10-12-32-11-3-4-15-39(32)40)37-14-9-13-34(29-37)35-23-28-48-44(30-35)43-17-6-8-20-47(43)51-48/h3-31H,1-2H3. The van der Waals surface area contributed by atoms with Gasteiger partial charge in [0.25, 0.3) is 0 Å². The van der Waals surface area contributed by atoms with E-state index in [2.05, 4.69) is 195 Å². The number of fused-ring (bicyclic) bond motifs is 7. The van der Waals surface area contributed by atoms with Crippen molar-refractivity contribution in [2.24, 2.45) is 0 Å². The Morgan fingerprint density at radius 2 is 1.02 bits per heavy atom. The molecule has 1 nitrogen and oxygen atoms in total. The molecule has 0 N–H and O–H groups in total. The molecule has 0 radical (unpaired) electrons. The lowest BCUT2D eigenvalue weighted by atomic mass is 9.82. The molecule has 0 fully saturated rings. The first kappa shape index (κ1) is 29.9. The van der Waals surface area contributed by atoms with Gasteiger partial charge in [0.15, 0.2) is 0 Å². The van der Waals surface area contributed by atoms with E-state index in [1.807, 2.05) is 11.3 Å². The van der Waals surface area contributed by atoms with E-state index in [9.17, 15) is 0 Å². The van der Waals surface area contributed by atoms with E-state index in [1.54, 1.807) is 0 Å². The van der Waals surface area contributed by atoms with Crippen LogP contribution in [0.1, 0.15) is 25.0 Å². The van der Waals surface area contributed by atoms with Gasteiger partial charge in [0.2, 0.25) is 0 Å². The van der Waals surface area contributed by atoms with Gasteiger partial charge < -0.3 is 4.90 Å². The predicted molar refractivity (Wildman–Crippen MR) is 220 cm³/mol. The minimum Gasteiger partial charge on any atom is -0.310 e. The minimum absolute atomic E-state index is 0.0909. The molecule has 9 aromatic rings. The van der Waals surface area contributed by atoms with Crippen molar-refractivity contribution < 1.29 is 0 Å². The third-order valence-corrected chi connectivity index (χ3v) is 12.0. The molecule has 1 aliphatic carbocycles. The Morgan fingerprint density at radius 1 is 0.392 bits per heavy atom. The summed E-state index contributed by atoms with van der Waals surface area (Å²) in [5.41, 5.74) is 13.6. The van der Waals surface area contributed by atoms with Crippen LogP contribution in [0.25, 0.3) is 64.3 Å². The summed E-state index contributed by atoms with van der Waals surface area (Å²) in [7, 11) is 0. The Bertz CT molecular complexity index is 2780. The number of rotatable bonds is 5. The van der Waals surface area contributed by atoms with E-state index in [0.29, 0.717) is 0 Å². The molecule has 1 aliphatic rings. The van der Waals surface area contributed by atoms with Crippen LogP contribution in [0.15, 0.2) is 176 Å². The van der Waals surface area contributed by atoms with E-state index in [-0.39, 0.29) is 5.41 Å². The zero-order chi connectivity index (χ0) is 34.1. The lowest BCUT2D eigenvalue weighted by molar-refractivity contribution is 0.660. The molecule has 0 saturated heterocycles. The first-order valence-corrected chi connectivity index (χ1v) is 18.5. The lowest BCUT2D eigenvalue weighted by Crippen LogP contribution is -2.16. The van der Waals surface area contributed by atoms with Crippen LogP contribution in [-0.2, 0) is 5.41 Å². The molecule has 10 rings (SSSR count). The van der Waals surface area contributed by atoms with Crippen LogP contribution in [0.4, 0.5) is 17.1 Å². The number of hydrogen-bond donors (Lipinski definition) is 0. The number of hydrogen-bond acceptors (Lipinski definition) is 2. The molecule has 1 heterocycles. The van der Waals surface area contributed by atoms with Crippen LogP contribution in [-0.4, -0.2) is 0 Å². The Morgan fingerprint density at radius 3 is 1.92 bits per heavy atom. The summed E-state index contributed by atoms with van der Waals surface area (Å²) in [6, 6.07) is 64.9. The van der Waals surface area contributed by atoms with Gasteiger partial charge in [0.1, 0.15) is 0 Å². The van der Waals surface area contributed by atoms with E-state index in [1.165, 1.54) is 75.5 Å². The highest BCUT2D eigenvalue weighted by Crippen LogP contribution is 2.51. The second-order valence-electron chi connectivity index (χ2n) is 14.2. The fourth-order valence-corrected chi connectivity index (χ4v) is 9.36. The fourth-order valence-electron chi connectivity index (χ4n) is 8.28. The zero-order valence-electron chi connectivity index (χ0n) is 28.6. The summed E-state index contributed by atoms with van der Waals surface area (Å²) in [4.78, 5) is 2.42. The number of anilines is 3. The van der Waals surface area contributed by atoms with Gasteiger partial charge in [-0.2, -0.15) is 0 Å². The average molecular weight is 670 g/mol. The monoisotopic (exact) mass is 669 g/mol. The molecule has 1 aromatic heterocycles. The molecule has 8 aromatic carbocycles. The molecule has 0 aliphatic heterocycles. The van der Waals surface area contributed by atoms with Crippen molar-refractivity contribution in [3.05, 3.63) is 187 Å². The van der Waals surface area contributed by atoms with Crippen molar-refractivity contribution in [1.82, 2.24) is 0 Å². The Balaban J connectivity index is 1.12. The third-order valence-electron chi connectivity index (χ3n) is 10.9. The van der Waals surface area contributed by atoms with Gasteiger partial charge >= 0.3 is 0 Å². The SMILES string of the molecule is CC1(C)c2ccccc2-c2ccc(N(c3ccc(-c4cccc5ccccc45)cc3)c3cccc(-c4ccc5sc6ccccc6c5c4)c3)cc21. The maximum absolute atomic E-state index is 2.42. The molecule has 0 amide bonds. The topological polar surface area (TPSA) is 3.24 Å². The molecule has 0 bridgehead atoms. The smallest absolute Gasteiger partial charge is 0.0467 e. The summed E-state index contributed by atoms with van der Waals surface area (Å²) >= 11 is 1.86. The van der Waals surface area contributed by atoms with Crippen LogP contribution in [0.2, 0.25) is 0 Å². The van der Waals surface area contributed by atoms with Gasteiger partial charge in [-0.3, -0.25) is 0 Å². The van der Waals surface area contributed by atoms with E-state index < -0.39 is 0 Å². The van der Waals surface area contributed by atoms with E-state index in [4.69, 9.17) is 0 Å². The van der Waals surface area contributed by atoms with E-state index in [0.717, 1.165) is 17.1 Å². The normalized spacial score (nSPS) is 13.1. The summed E-state index contributed by atoms with van der Waals surface area (Å²) < 4.78 is 2.66. The molecule has 242 valence electrons. The molecular weight excluding hydrogens is 635 g/mol. The molecule has 0 atom stereocenters. The highest BCUT2D eigenvalue weighted by Gasteiger charge is 2.35. The molecule has 0 spiro atoms. The predicted octanol–water partition coefficient (Wildman–Crippen LogP) is 14.3. The Kier molecular flexibility index (Phi) is 6.78. The van der Waals surface area contributed by atoms with Crippen molar-refractivity contribution in [3.8, 4) is 33.4 Å². The van der Waals surface area contributed by atoms with Crippen molar-refractivity contribution in [2.75, 3.05) is 4.90 Å². The molecular formula is C49H35NS. The van der Waals surface area contributed by atoms with Crippen molar-refractivity contribution in [1.29, 1.82) is 0 Å². The van der Waals surface area contributed by atoms with Crippen LogP contribution in [0.5, 0.6) is 0 Å². The van der Waals surface area contributed by atoms with Crippen molar-refractivity contribution in [2.45, 2.75) is 19.3 Å². The maximum atomic E-state index is 2.42. The highest BCUT2D eigenvalue weighted by atomic mass is 32.1. The third kappa shape index (κ3) is 4.82. The van der Waals surface area contributed by atoms with Crippen molar-refractivity contribution in [3.63, 3.8) is 0 Å². The Labute approximate surface area is 302 Å². The number of thiophene rings is 1. The average Bonchev–Trinajstić information content (AvgIpc) is 3.66. The minimum atomic E-state index is -0.0909. The molecule has 0 unspecified atom stereocenters. The van der Waals surface area contributed by atoms with Crippen LogP contribution >= 0.6 is 11.3 Å². The van der Waals surface area contributed by atoms with Crippen LogP contribution < -0.4 is 4.90 Å². The first-order valence-electron chi connectivity index (χ1n) is 17.7. The van der Waals surface area contributed by atoms with Gasteiger partial charge in [0, 0.05) is 42.6 Å². The van der Waals surface area contributed by atoms with Gasteiger partial charge in [-0.1, -0.05) is 135 Å². The summed E-state index contributed by atoms with van der Waals surface area (Å²) in [6.45, 7) is 4.71. The second-order valence-corrected chi connectivity index (χ2v) is 15.3. The zero-order valence-corrected chi connectivity index (χ0v) is 29.4. The highest BCUT2D eigenvalue weighted by molar-refractivity contribution is 7.25. The van der Waals surface area contributed by atoms with Gasteiger partial charge in [0.05, 0.1) is 0 Å². The van der Waals surface area contributed by atoms with Crippen molar-refractivity contribution >= 4 is 59.3 Å². The molecule has 0 saturated carbocycles. The van der Waals surface area contributed by atoms with Crippen LogP contribution in [0.3, 0.4) is 0 Å².